The zero-order chi connectivity index (χ0) is 19.8. The summed E-state index contributed by atoms with van der Waals surface area (Å²) >= 11 is 7.73. The summed E-state index contributed by atoms with van der Waals surface area (Å²) in [6.07, 6.45) is 0.450. The number of aromatic nitrogens is 3. The van der Waals surface area contributed by atoms with Crippen molar-refractivity contribution in [2.45, 2.75) is 32.9 Å². The summed E-state index contributed by atoms with van der Waals surface area (Å²) in [5.74, 6) is 0.412. The number of nitrogens with zero attached hydrogens (tertiary/aromatic N) is 3. The molecule has 0 aliphatic heterocycles. The highest BCUT2D eigenvalue weighted by Crippen LogP contribution is 2.25. The van der Waals surface area contributed by atoms with Crippen LogP contribution in [0, 0.1) is 6.92 Å². The lowest BCUT2D eigenvalue weighted by molar-refractivity contribution is -0.125. The smallest absolute Gasteiger partial charge is 0.291 e. The number of fused-ring (bicyclic) bond motifs is 3. The lowest BCUT2D eigenvalue weighted by Crippen LogP contribution is -2.39. The molecule has 8 heteroatoms. The molecule has 0 unspecified atom stereocenters. The number of aryl methyl sites for hydroxylation is 1. The molecule has 0 aliphatic rings. The van der Waals surface area contributed by atoms with E-state index in [4.69, 9.17) is 11.6 Å². The number of amides is 1. The van der Waals surface area contributed by atoms with Crippen LogP contribution in [0.1, 0.15) is 30.8 Å². The predicted octanol–water partition coefficient (Wildman–Crippen LogP) is 3.94. The average Bonchev–Trinajstić information content (AvgIpc) is 3.27. The Morgan fingerprint density at radius 1 is 1.29 bits per heavy atom. The Balaban J connectivity index is 1.68. The molecule has 6 nitrogen and oxygen atoms in total. The van der Waals surface area contributed by atoms with Crippen LogP contribution in [0.3, 0.4) is 0 Å². The summed E-state index contributed by atoms with van der Waals surface area (Å²) in [4.78, 5) is 25.9. The van der Waals surface area contributed by atoms with Gasteiger partial charge in [-0.05, 0) is 42.5 Å². The number of nitrogens with one attached hydrogen (secondary N) is 1. The standard InChI is InChI=1S/C20H19ClN4O2S/c1-3-15(19(26)22-11-13-6-4-5-7-14(13)21)25-20(27)17-10-18-16(8-9-28-18)24(17)12(2)23-25/h4-10,15H,3,11H2,1-2H3,(H,22,26)/t15-/m0/s1. The van der Waals surface area contributed by atoms with Gasteiger partial charge in [-0.3, -0.25) is 14.0 Å². The van der Waals surface area contributed by atoms with E-state index in [0.29, 0.717) is 29.3 Å². The van der Waals surface area contributed by atoms with Gasteiger partial charge in [-0.2, -0.15) is 5.10 Å². The second-order valence-electron chi connectivity index (χ2n) is 6.57. The van der Waals surface area contributed by atoms with Gasteiger partial charge in [0.1, 0.15) is 17.4 Å². The Hall–Kier alpha value is -2.64. The summed E-state index contributed by atoms with van der Waals surface area (Å²) in [5.41, 5.74) is 2.05. The fourth-order valence-corrected chi connectivity index (χ4v) is 4.42. The molecule has 1 amide bonds. The molecule has 0 saturated heterocycles. The third-order valence-corrected chi connectivity index (χ3v) is 6.04. The van der Waals surface area contributed by atoms with Crippen LogP contribution in [-0.4, -0.2) is 20.1 Å². The Morgan fingerprint density at radius 3 is 2.82 bits per heavy atom. The molecule has 0 saturated carbocycles. The zero-order valence-electron chi connectivity index (χ0n) is 15.5. The highest BCUT2D eigenvalue weighted by molar-refractivity contribution is 7.17. The van der Waals surface area contributed by atoms with Crippen molar-refractivity contribution in [3.8, 4) is 0 Å². The van der Waals surface area contributed by atoms with Gasteiger partial charge in [0.15, 0.2) is 0 Å². The number of benzene rings is 1. The van der Waals surface area contributed by atoms with Crippen molar-refractivity contribution in [2.24, 2.45) is 0 Å². The normalized spacial score (nSPS) is 12.5. The Kier molecular flexibility index (Phi) is 4.95. The summed E-state index contributed by atoms with van der Waals surface area (Å²) in [6, 6.07) is 10.5. The van der Waals surface area contributed by atoms with Crippen LogP contribution in [0.25, 0.3) is 15.7 Å². The second-order valence-corrected chi connectivity index (χ2v) is 7.92. The fraction of sp³-hybridized carbons (Fsp3) is 0.250. The highest BCUT2D eigenvalue weighted by atomic mass is 35.5. The minimum atomic E-state index is -0.688. The number of carbonyl (C=O) groups excluding carboxylic acids is 1. The SMILES string of the molecule is CC[C@@H](C(=O)NCc1ccccc1Cl)n1nc(C)n2c(cc3sccc32)c1=O. The topological polar surface area (TPSA) is 68.4 Å². The van der Waals surface area contributed by atoms with Crippen molar-refractivity contribution in [1.29, 1.82) is 0 Å². The second kappa shape index (κ2) is 7.41. The maximum atomic E-state index is 13.1. The molecule has 0 bridgehead atoms. The van der Waals surface area contributed by atoms with E-state index in [1.165, 1.54) is 4.68 Å². The lowest BCUT2D eigenvalue weighted by atomic mass is 10.2. The molecule has 28 heavy (non-hydrogen) atoms. The van der Waals surface area contributed by atoms with Crippen molar-refractivity contribution in [3.05, 3.63) is 68.5 Å². The van der Waals surface area contributed by atoms with Gasteiger partial charge >= 0.3 is 0 Å². The van der Waals surface area contributed by atoms with E-state index in [1.54, 1.807) is 17.4 Å². The van der Waals surface area contributed by atoms with E-state index < -0.39 is 6.04 Å². The molecular formula is C20H19ClN4O2S. The first-order chi connectivity index (χ1) is 13.5. The quantitative estimate of drug-likeness (QED) is 0.537. The van der Waals surface area contributed by atoms with E-state index >= 15 is 0 Å². The van der Waals surface area contributed by atoms with Crippen LogP contribution in [0.5, 0.6) is 0 Å². The molecule has 0 fully saturated rings. The van der Waals surface area contributed by atoms with Crippen molar-refractivity contribution >= 4 is 44.6 Å². The molecule has 144 valence electrons. The van der Waals surface area contributed by atoms with Crippen LogP contribution < -0.4 is 10.9 Å². The van der Waals surface area contributed by atoms with Crippen LogP contribution in [0.2, 0.25) is 5.02 Å². The minimum absolute atomic E-state index is 0.255. The van der Waals surface area contributed by atoms with Crippen molar-refractivity contribution in [3.63, 3.8) is 0 Å². The molecule has 1 N–H and O–H groups in total. The van der Waals surface area contributed by atoms with E-state index in [2.05, 4.69) is 10.4 Å². The molecule has 3 heterocycles. The van der Waals surface area contributed by atoms with Crippen LogP contribution in [0.4, 0.5) is 0 Å². The molecule has 0 aliphatic carbocycles. The lowest BCUT2D eigenvalue weighted by Gasteiger charge is -2.18. The molecule has 0 spiro atoms. The number of carbonyl (C=O) groups is 1. The first-order valence-electron chi connectivity index (χ1n) is 9.00. The molecule has 1 atom stereocenters. The summed E-state index contributed by atoms with van der Waals surface area (Å²) in [7, 11) is 0. The van der Waals surface area contributed by atoms with E-state index in [1.807, 2.05) is 54.0 Å². The van der Waals surface area contributed by atoms with Crippen LogP contribution in [-0.2, 0) is 11.3 Å². The van der Waals surface area contributed by atoms with Gasteiger partial charge in [-0.15, -0.1) is 11.3 Å². The molecule has 4 aromatic rings. The van der Waals surface area contributed by atoms with Gasteiger partial charge in [-0.25, -0.2) is 4.68 Å². The number of thiophene rings is 1. The van der Waals surface area contributed by atoms with Gasteiger partial charge in [0.25, 0.3) is 5.56 Å². The summed E-state index contributed by atoms with van der Waals surface area (Å²) in [5, 5.41) is 9.91. The van der Waals surface area contributed by atoms with Crippen molar-refractivity contribution in [2.75, 3.05) is 0 Å². The first kappa shape index (κ1) is 18.7. The maximum Gasteiger partial charge on any atom is 0.291 e. The molecule has 1 aromatic carbocycles. The van der Waals surface area contributed by atoms with Crippen LogP contribution >= 0.6 is 22.9 Å². The Bertz CT molecular complexity index is 1240. The maximum absolute atomic E-state index is 13.1. The summed E-state index contributed by atoms with van der Waals surface area (Å²) in [6.45, 7) is 4.00. The molecule has 3 aromatic heterocycles. The van der Waals surface area contributed by atoms with Gasteiger partial charge in [0, 0.05) is 11.6 Å². The van der Waals surface area contributed by atoms with Gasteiger partial charge < -0.3 is 5.32 Å². The third kappa shape index (κ3) is 3.10. The number of rotatable bonds is 5. The predicted molar refractivity (Wildman–Crippen MR) is 112 cm³/mol. The van der Waals surface area contributed by atoms with Gasteiger partial charge in [0.2, 0.25) is 5.91 Å². The van der Waals surface area contributed by atoms with Crippen LogP contribution in [0.15, 0.2) is 46.6 Å². The van der Waals surface area contributed by atoms with E-state index in [-0.39, 0.29) is 11.5 Å². The van der Waals surface area contributed by atoms with Crippen molar-refractivity contribution < 1.29 is 4.79 Å². The minimum Gasteiger partial charge on any atom is -0.350 e. The Morgan fingerprint density at radius 2 is 2.07 bits per heavy atom. The molecule has 0 radical (unpaired) electrons. The number of halogens is 1. The van der Waals surface area contributed by atoms with Gasteiger partial charge in [0.05, 0.1) is 10.2 Å². The molecular weight excluding hydrogens is 396 g/mol. The van der Waals surface area contributed by atoms with E-state index in [0.717, 1.165) is 15.8 Å². The average molecular weight is 415 g/mol. The fourth-order valence-electron chi connectivity index (χ4n) is 3.42. The van der Waals surface area contributed by atoms with Gasteiger partial charge in [-0.1, -0.05) is 36.7 Å². The largest absolute Gasteiger partial charge is 0.350 e. The van der Waals surface area contributed by atoms with Crippen molar-refractivity contribution in [1.82, 2.24) is 19.5 Å². The third-order valence-electron chi connectivity index (χ3n) is 4.82. The number of hydrogen-bond acceptors (Lipinski definition) is 4. The first-order valence-corrected chi connectivity index (χ1v) is 10.3. The zero-order valence-corrected chi connectivity index (χ0v) is 17.0. The monoisotopic (exact) mass is 414 g/mol. The molecule has 4 rings (SSSR count). The Labute approximate surface area is 170 Å². The van der Waals surface area contributed by atoms with E-state index in [9.17, 15) is 9.59 Å². The number of hydrogen-bond donors (Lipinski definition) is 1. The highest BCUT2D eigenvalue weighted by Gasteiger charge is 2.23. The summed E-state index contributed by atoms with van der Waals surface area (Å²) < 4.78 is 4.17.